The van der Waals surface area contributed by atoms with Crippen LogP contribution in [0.2, 0.25) is 0 Å². The van der Waals surface area contributed by atoms with E-state index in [-0.39, 0.29) is 17.7 Å². The highest BCUT2D eigenvalue weighted by molar-refractivity contribution is 9.10. The molecule has 0 aliphatic carbocycles. The van der Waals surface area contributed by atoms with Gasteiger partial charge in [0.1, 0.15) is 6.04 Å². The summed E-state index contributed by atoms with van der Waals surface area (Å²) in [5.74, 6) is -1.62. The van der Waals surface area contributed by atoms with Crippen molar-refractivity contribution < 1.29 is 14.7 Å². The van der Waals surface area contributed by atoms with Crippen LogP contribution in [-0.2, 0) is 11.2 Å². The van der Waals surface area contributed by atoms with E-state index in [1.807, 2.05) is 54.6 Å². The highest BCUT2D eigenvalue weighted by atomic mass is 79.9. The first-order chi connectivity index (χ1) is 13.4. The smallest absolute Gasteiger partial charge is 0.326 e. The van der Waals surface area contributed by atoms with Crippen LogP contribution < -0.4 is 11.1 Å². The van der Waals surface area contributed by atoms with E-state index in [9.17, 15) is 14.7 Å². The number of hydrogen-bond acceptors (Lipinski definition) is 3. The average Bonchev–Trinajstić information content (AvgIpc) is 2.70. The van der Waals surface area contributed by atoms with Gasteiger partial charge in [-0.1, -0.05) is 70.5 Å². The summed E-state index contributed by atoms with van der Waals surface area (Å²) in [6.45, 7) is 0. The molecule has 0 heterocycles. The first-order valence-corrected chi connectivity index (χ1v) is 9.46. The Bertz CT molecular complexity index is 988. The number of rotatable bonds is 6. The quantitative estimate of drug-likeness (QED) is 0.504. The first kappa shape index (κ1) is 19.6. The molecule has 6 heteroatoms. The van der Waals surface area contributed by atoms with Crippen molar-refractivity contribution in [3.63, 3.8) is 0 Å². The van der Waals surface area contributed by atoms with Gasteiger partial charge < -0.3 is 16.2 Å². The fraction of sp³-hybridized carbons (Fsp3) is 0.0909. The lowest BCUT2D eigenvalue weighted by Crippen LogP contribution is -2.42. The molecule has 3 aromatic rings. The molecule has 0 radical (unpaired) electrons. The minimum absolute atomic E-state index is 0.171. The number of amides is 1. The van der Waals surface area contributed by atoms with E-state index >= 15 is 0 Å². The summed E-state index contributed by atoms with van der Waals surface area (Å²) < 4.78 is 0.690. The molecule has 0 fully saturated rings. The number of carboxylic acid groups (broad SMARTS) is 1. The third-order valence-electron chi connectivity index (χ3n) is 4.36. The largest absolute Gasteiger partial charge is 0.480 e. The molecule has 0 saturated carbocycles. The molecule has 5 nitrogen and oxygen atoms in total. The number of nitrogen functional groups attached to an aromatic ring is 1. The summed E-state index contributed by atoms with van der Waals surface area (Å²) in [5.41, 5.74) is 9.31. The summed E-state index contributed by atoms with van der Waals surface area (Å²) >= 11 is 3.29. The summed E-state index contributed by atoms with van der Waals surface area (Å²) in [6.07, 6.45) is 0.171. The van der Waals surface area contributed by atoms with Crippen LogP contribution in [0.3, 0.4) is 0 Å². The molecule has 4 N–H and O–H groups in total. The van der Waals surface area contributed by atoms with Crippen LogP contribution in [-0.4, -0.2) is 23.0 Å². The molecule has 0 spiro atoms. The van der Waals surface area contributed by atoms with E-state index in [2.05, 4.69) is 21.2 Å². The van der Waals surface area contributed by atoms with Crippen LogP contribution in [0, 0.1) is 0 Å². The molecule has 0 aromatic heterocycles. The zero-order chi connectivity index (χ0) is 20.1. The molecule has 142 valence electrons. The predicted molar refractivity (Wildman–Crippen MR) is 113 cm³/mol. The van der Waals surface area contributed by atoms with Crippen LogP contribution in [0.25, 0.3) is 11.1 Å². The molecule has 0 bridgehead atoms. The Morgan fingerprint density at radius 2 is 1.61 bits per heavy atom. The molecule has 0 saturated heterocycles. The summed E-state index contributed by atoms with van der Waals surface area (Å²) in [5, 5.41) is 12.1. The van der Waals surface area contributed by atoms with Crippen molar-refractivity contribution in [1.82, 2.24) is 5.32 Å². The number of halogens is 1. The van der Waals surface area contributed by atoms with Gasteiger partial charge in [0.05, 0.1) is 5.56 Å². The number of carbonyl (C=O) groups excluding carboxylic acids is 1. The molecular formula is C22H19BrN2O3. The average molecular weight is 439 g/mol. The van der Waals surface area contributed by atoms with Crippen molar-refractivity contribution >= 4 is 33.5 Å². The number of hydrogen-bond donors (Lipinski definition) is 3. The van der Waals surface area contributed by atoms with Crippen molar-refractivity contribution in [2.75, 3.05) is 5.73 Å². The molecular weight excluding hydrogens is 420 g/mol. The minimum atomic E-state index is -1.10. The number of anilines is 1. The maximum Gasteiger partial charge on any atom is 0.326 e. The fourth-order valence-electron chi connectivity index (χ4n) is 2.86. The Hall–Kier alpha value is -3.12. The van der Waals surface area contributed by atoms with E-state index in [1.165, 1.54) is 0 Å². The van der Waals surface area contributed by atoms with Crippen molar-refractivity contribution in [2.24, 2.45) is 0 Å². The van der Waals surface area contributed by atoms with E-state index in [4.69, 9.17) is 5.73 Å². The summed E-state index contributed by atoms with van der Waals surface area (Å²) in [6, 6.07) is 21.4. The van der Waals surface area contributed by atoms with Gasteiger partial charge in [0.25, 0.3) is 5.91 Å². The molecule has 3 aromatic carbocycles. The SMILES string of the molecule is Nc1ccc(Br)cc1C(=O)N[C@@H](Cc1ccc(-c2ccccc2)cc1)C(=O)O. The van der Waals surface area contributed by atoms with Crippen molar-refractivity contribution in [1.29, 1.82) is 0 Å². The molecule has 0 unspecified atom stereocenters. The Morgan fingerprint density at radius 3 is 2.25 bits per heavy atom. The lowest BCUT2D eigenvalue weighted by molar-refractivity contribution is -0.139. The Kier molecular flexibility index (Phi) is 6.11. The van der Waals surface area contributed by atoms with Gasteiger partial charge in [0.2, 0.25) is 0 Å². The van der Waals surface area contributed by atoms with Crippen molar-refractivity contribution in [3.05, 3.63) is 88.4 Å². The fourth-order valence-corrected chi connectivity index (χ4v) is 3.22. The molecule has 1 amide bonds. The standard InChI is InChI=1S/C22H19BrN2O3/c23-17-10-11-19(24)18(13-17)21(26)25-20(22(27)28)12-14-6-8-16(9-7-14)15-4-2-1-3-5-15/h1-11,13,20H,12,24H2,(H,25,26)(H,27,28)/t20-/m0/s1. The number of carboxylic acids is 1. The van der Waals surface area contributed by atoms with E-state index in [0.29, 0.717) is 4.47 Å². The second-order valence-corrected chi connectivity index (χ2v) is 7.28. The van der Waals surface area contributed by atoms with Crippen LogP contribution in [0.1, 0.15) is 15.9 Å². The lowest BCUT2D eigenvalue weighted by atomic mass is 10.0. The molecule has 3 rings (SSSR count). The molecule has 0 aliphatic heterocycles. The van der Waals surface area contributed by atoms with Gasteiger partial charge >= 0.3 is 5.97 Å². The zero-order valence-electron chi connectivity index (χ0n) is 14.9. The van der Waals surface area contributed by atoms with E-state index in [0.717, 1.165) is 16.7 Å². The van der Waals surface area contributed by atoms with Gasteiger partial charge in [0, 0.05) is 16.6 Å². The van der Waals surface area contributed by atoms with Gasteiger partial charge in [0.15, 0.2) is 0 Å². The lowest BCUT2D eigenvalue weighted by Gasteiger charge is -2.16. The van der Waals surface area contributed by atoms with Crippen molar-refractivity contribution in [3.8, 4) is 11.1 Å². The first-order valence-electron chi connectivity index (χ1n) is 8.67. The van der Waals surface area contributed by atoms with Gasteiger partial charge in [-0.2, -0.15) is 0 Å². The van der Waals surface area contributed by atoms with Crippen LogP contribution in [0.4, 0.5) is 5.69 Å². The van der Waals surface area contributed by atoms with Gasteiger partial charge in [-0.25, -0.2) is 4.79 Å². The van der Waals surface area contributed by atoms with Gasteiger partial charge in [-0.05, 0) is 34.9 Å². The monoisotopic (exact) mass is 438 g/mol. The topological polar surface area (TPSA) is 92.4 Å². The molecule has 0 aliphatic rings. The van der Waals surface area contributed by atoms with Gasteiger partial charge in [-0.15, -0.1) is 0 Å². The van der Waals surface area contributed by atoms with E-state index < -0.39 is 17.9 Å². The third kappa shape index (κ3) is 4.78. The number of carbonyl (C=O) groups is 2. The Morgan fingerprint density at radius 1 is 0.964 bits per heavy atom. The maximum atomic E-state index is 12.5. The van der Waals surface area contributed by atoms with Crippen LogP contribution in [0.5, 0.6) is 0 Å². The summed E-state index contributed by atoms with van der Waals surface area (Å²) in [7, 11) is 0. The minimum Gasteiger partial charge on any atom is -0.480 e. The van der Waals surface area contributed by atoms with Crippen LogP contribution >= 0.6 is 15.9 Å². The predicted octanol–water partition coefficient (Wildman–Crippen LogP) is 4.12. The summed E-state index contributed by atoms with van der Waals surface area (Å²) in [4.78, 5) is 24.1. The number of benzene rings is 3. The van der Waals surface area contributed by atoms with E-state index in [1.54, 1.807) is 18.2 Å². The maximum absolute atomic E-state index is 12.5. The second kappa shape index (κ2) is 8.71. The van der Waals surface area contributed by atoms with Crippen LogP contribution in [0.15, 0.2) is 77.3 Å². The highest BCUT2D eigenvalue weighted by Gasteiger charge is 2.22. The highest BCUT2D eigenvalue weighted by Crippen LogP contribution is 2.21. The zero-order valence-corrected chi connectivity index (χ0v) is 16.5. The third-order valence-corrected chi connectivity index (χ3v) is 4.86. The number of nitrogens with two attached hydrogens (primary N) is 1. The van der Waals surface area contributed by atoms with Crippen molar-refractivity contribution in [2.45, 2.75) is 12.5 Å². The van der Waals surface area contributed by atoms with Gasteiger partial charge in [-0.3, -0.25) is 4.79 Å². The second-order valence-electron chi connectivity index (χ2n) is 6.36. The molecule has 28 heavy (non-hydrogen) atoms. The Labute approximate surface area is 171 Å². The normalized spacial score (nSPS) is 11.6. The Balaban J connectivity index is 1.73. The number of aliphatic carboxylic acids is 1. The number of nitrogens with one attached hydrogen (secondary N) is 1. The molecule has 1 atom stereocenters.